The van der Waals surface area contributed by atoms with Crippen molar-refractivity contribution in [3.8, 4) is 0 Å². The highest BCUT2D eigenvalue weighted by atomic mass is 32.2. The summed E-state index contributed by atoms with van der Waals surface area (Å²) < 4.78 is 40.0. The van der Waals surface area contributed by atoms with Crippen LogP contribution in [0.3, 0.4) is 0 Å². The molecule has 2 aliphatic rings. The molecule has 1 amide bonds. The van der Waals surface area contributed by atoms with Gasteiger partial charge in [-0.15, -0.1) is 0 Å². The predicted octanol–water partition coefficient (Wildman–Crippen LogP) is 1.66. The number of benzene rings is 2. The Bertz CT molecular complexity index is 1030. The molecule has 178 valence electrons. The van der Waals surface area contributed by atoms with Crippen LogP contribution in [0.5, 0.6) is 0 Å². The average molecular weight is 475 g/mol. The maximum Gasteiger partial charge on any atom is 0.236 e. The van der Waals surface area contributed by atoms with Crippen LogP contribution in [0.15, 0.2) is 54.6 Å². The van der Waals surface area contributed by atoms with Gasteiger partial charge in [0.1, 0.15) is 5.82 Å². The van der Waals surface area contributed by atoms with Crippen molar-refractivity contribution >= 4 is 15.9 Å². The maximum atomic E-state index is 13.1. The molecule has 1 atom stereocenters. The largest absolute Gasteiger partial charge is 0.339 e. The van der Waals surface area contributed by atoms with Crippen LogP contribution in [0, 0.1) is 5.82 Å². The van der Waals surface area contributed by atoms with E-state index in [1.165, 1.54) is 16.4 Å². The van der Waals surface area contributed by atoms with E-state index in [0.717, 1.165) is 30.8 Å². The highest BCUT2D eigenvalue weighted by Crippen LogP contribution is 2.18. The molecule has 33 heavy (non-hydrogen) atoms. The number of carbonyl (C=O) groups is 1. The van der Waals surface area contributed by atoms with E-state index in [1.807, 2.05) is 35.2 Å². The Morgan fingerprint density at radius 3 is 2.33 bits per heavy atom. The number of hydrogen-bond acceptors (Lipinski definition) is 5. The molecule has 0 saturated carbocycles. The molecule has 9 heteroatoms. The Morgan fingerprint density at radius 1 is 0.939 bits per heavy atom. The van der Waals surface area contributed by atoms with Gasteiger partial charge in [-0.3, -0.25) is 9.69 Å². The normalized spacial score (nSPS) is 20.3. The zero-order valence-corrected chi connectivity index (χ0v) is 19.5. The summed E-state index contributed by atoms with van der Waals surface area (Å²) in [5.74, 6) is -0.190. The predicted molar refractivity (Wildman–Crippen MR) is 125 cm³/mol. The second kappa shape index (κ2) is 10.7. The lowest BCUT2D eigenvalue weighted by atomic mass is 10.2. The number of amides is 1. The molecule has 0 spiro atoms. The maximum absolute atomic E-state index is 13.1. The van der Waals surface area contributed by atoms with E-state index in [9.17, 15) is 17.6 Å². The molecule has 0 unspecified atom stereocenters. The highest BCUT2D eigenvalue weighted by Gasteiger charge is 2.32. The first kappa shape index (κ1) is 23.8. The number of halogens is 1. The molecule has 2 aliphatic heterocycles. The first-order valence-electron chi connectivity index (χ1n) is 11.4. The number of piperazine rings is 1. The van der Waals surface area contributed by atoms with Gasteiger partial charge in [-0.1, -0.05) is 42.5 Å². The summed E-state index contributed by atoms with van der Waals surface area (Å²) in [4.78, 5) is 16.8. The van der Waals surface area contributed by atoms with E-state index in [0.29, 0.717) is 32.6 Å². The lowest BCUT2D eigenvalue weighted by molar-refractivity contribution is -0.132. The monoisotopic (exact) mass is 474 g/mol. The molecule has 2 fully saturated rings. The van der Waals surface area contributed by atoms with E-state index in [1.54, 1.807) is 12.1 Å². The summed E-state index contributed by atoms with van der Waals surface area (Å²) in [5, 5.41) is 3.25. The SMILES string of the molecule is O=C(CN[C@H]1CCN(S(=O)(=O)Cc2ccccc2)C1)N1CCN(Cc2ccc(F)cc2)CC1. The average Bonchev–Trinajstić information content (AvgIpc) is 3.30. The zero-order chi connectivity index (χ0) is 23.3. The van der Waals surface area contributed by atoms with Crippen LogP contribution in [0.25, 0.3) is 0 Å². The fourth-order valence-corrected chi connectivity index (χ4v) is 5.96. The summed E-state index contributed by atoms with van der Waals surface area (Å²) in [6.07, 6.45) is 0.701. The van der Waals surface area contributed by atoms with Crippen LogP contribution in [0.1, 0.15) is 17.5 Å². The molecule has 1 N–H and O–H groups in total. The van der Waals surface area contributed by atoms with Gasteiger partial charge in [-0.05, 0) is 29.7 Å². The van der Waals surface area contributed by atoms with E-state index in [2.05, 4.69) is 10.2 Å². The Hall–Kier alpha value is -2.33. The minimum atomic E-state index is -3.37. The van der Waals surface area contributed by atoms with E-state index in [4.69, 9.17) is 0 Å². The highest BCUT2D eigenvalue weighted by molar-refractivity contribution is 7.88. The first-order valence-corrected chi connectivity index (χ1v) is 13.0. The van der Waals surface area contributed by atoms with Crippen molar-refractivity contribution in [3.05, 3.63) is 71.5 Å². The summed E-state index contributed by atoms with van der Waals surface area (Å²) in [5.41, 5.74) is 1.84. The minimum Gasteiger partial charge on any atom is -0.339 e. The molecule has 0 aromatic heterocycles. The van der Waals surface area contributed by atoms with Crippen molar-refractivity contribution in [2.24, 2.45) is 0 Å². The third-order valence-electron chi connectivity index (χ3n) is 6.32. The fraction of sp³-hybridized carbons (Fsp3) is 0.458. The van der Waals surface area contributed by atoms with Crippen molar-refractivity contribution in [3.63, 3.8) is 0 Å². The zero-order valence-electron chi connectivity index (χ0n) is 18.7. The molecule has 2 aromatic rings. The van der Waals surface area contributed by atoms with Gasteiger partial charge in [-0.2, -0.15) is 0 Å². The summed E-state index contributed by atoms with van der Waals surface area (Å²) in [7, 11) is -3.37. The molecular formula is C24H31FN4O3S. The van der Waals surface area contributed by atoms with Crippen molar-refractivity contribution in [1.82, 2.24) is 19.4 Å². The quantitative estimate of drug-likeness (QED) is 0.630. The lowest BCUT2D eigenvalue weighted by Gasteiger charge is -2.35. The minimum absolute atomic E-state index is 0.00168. The number of carbonyl (C=O) groups excluding carboxylic acids is 1. The van der Waals surface area contributed by atoms with Crippen molar-refractivity contribution in [2.45, 2.75) is 24.8 Å². The van der Waals surface area contributed by atoms with Crippen LogP contribution >= 0.6 is 0 Å². The van der Waals surface area contributed by atoms with Gasteiger partial charge in [0.25, 0.3) is 0 Å². The Balaban J connectivity index is 1.18. The van der Waals surface area contributed by atoms with Crippen molar-refractivity contribution < 1.29 is 17.6 Å². The van der Waals surface area contributed by atoms with Crippen molar-refractivity contribution in [1.29, 1.82) is 0 Å². The number of hydrogen-bond donors (Lipinski definition) is 1. The molecular weight excluding hydrogens is 443 g/mol. The molecule has 2 aromatic carbocycles. The summed E-state index contributed by atoms with van der Waals surface area (Å²) in [6, 6.07) is 15.7. The van der Waals surface area contributed by atoms with Crippen LogP contribution in [0.4, 0.5) is 4.39 Å². The molecule has 0 radical (unpaired) electrons. The Morgan fingerprint density at radius 2 is 1.64 bits per heavy atom. The van der Waals surface area contributed by atoms with Crippen LogP contribution in [0.2, 0.25) is 0 Å². The molecule has 0 aliphatic carbocycles. The third kappa shape index (κ3) is 6.60. The van der Waals surface area contributed by atoms with Crippen molar-refractivity contribution in [2.75, 3.05) is 45.8 Å². The molecule has 7 nitrogen and oxygen atoms in total. The van der Waals surface area contributed by atoms with Gasteiger partial charge in [0.05, 0.1) is 12.3 Å². The Labute approximate surface area is 195 Å². The van der Waals surface area contributed by atoms with E-state index >= 15 is 0 Å². The van der Waals surface area contributed by atoms with E-state index < -0.39 is 10.0 Å². The fourth-order valence-electron chi connectivity index (χ4n) is 4.37. The van der Waals surface area contributed by atoms with Gasteiger partial charge in [0.2, 0.25) is 15.9 Å². The van der Waals surface area contributed by atoms with Crippen LogP contribution in [-0.4, -0.2) is 80.3 Å². The van der Waals surface area contributed by atoms with E-state index in [-0.39, 0.29) is 30.1 Å². The van der Waals surface area contributed by atoms with Gasteiger partial charge >= 0.3 is 0 Å². The first-order chi connectivity index (χ1) is 15.9. The molecule has 2 heterocycles. The van der Waals surface area contributed by atoms with Gasteiger partial charge in [0.15, 0.2) is 0 Å². The Kier molecular flexibility index (Phi) is 7.75. The molecule has 4 rings (SSSR count). The van der Waals surface area contributed by atoms with Crippen LogP contribution in [-0.2, 0) is 27.1 Å². The van der Waals surface area contributed by atoms with Crippen LogP contribution < -0.4 is 5.32 Å². The second-order valence-electron chi connectivity index (χ2n) is 8.75. The number of sulfonamides is 1. The summed E-state index contributed by atoms with van der Waals surface area (Å²) in [6.45, 7) is 4.70. The lowest BCUT2D eigenvalue weighted by Crippen LogP contribution is -2.51. The topological polar surface area (TPSA) is 73.0 Å². The second-order valence-corrected chi connectivity index (χ2v) is 10.7. The molecule has 2 saturated heterocycles. The van der Waals surface area contributed by atoms with Gasteiger partial charge < -0.3 is 10.2 Å². The third-order valence-corrected chi connectivity index (χ3v) is 8.14. The van der Waals surface area contributed by atoms with Gasteiger partial charge in [0, 0.05) is 51.9 Å². The number of nitrogens with zero attached hydrogens (tertiary/aromatic N) is 3. The smallest absolute Gasteiger partial charge is 0.236 e. The molecule has 0 bridgehead atoms. The van der Waals surface area contributed by atoms with Gasteiger partial charge in [-0.25, -0.2) is 17.1 Å². The summed E-state index contributed by atoms with van der Waals surface area (Å²) >= 11 is 0. The number of nitrogens with one attached hydrogen (secondary N) is 1. The standard InChI is InChI=1S/C24H31FN4O3S/c25-22-8-6-20(7-9-22)17-27-12-14-28(15-13-27)24(30)16-26-23-10-11-29(18-23)33(31,32)19-21-4-2-1-3-5-21/h1-9,23,26H,10-19H2/t23-/m0/s1. The number of rotatable bonds is 8.